The molecule has 1 aliphatic rings. The van der Waals surface area contributed by atoms with E-state index in [0.29, 0.717) is 0 Å². The van der Waals surface area contributed by atoms with E-state index in [1.807, 2.05) is 0 Å². The molecule has 0 saturated carbocycles. The van der Waals surface area contributed by atoms with Gasteiger partial charge in [-0.15, -0.1) is 0 Å². The minimum Gasteiger partial charge on any atom is -0.444 e. The van der Waals surface area contributed by atoms with Crippen LogP contribution < -0.4 is 0 Å². The van der Waals surface area contributed by atoms with Crippen molar-refractivity contribution in [3.63, 3.8) is 0 Å². The predicted octanol–water partition coefficient (Wildman–Crippen LogP) is 2.88. The minimum absolute atomic E-state index is 0.830. The molecular formula is C10H13NO. The van der Waals surface area contributed by atoms with Crippen LogP contribution in [0.3, 0.4) is 0 Å². The Morgan fingerprint density at radius 3 is 3.08 bits per heavy atom. The molecule has 1 aromatic heterocycles. The van der Waals surface area contributed by atoms with Crippen LogP contribution in [0.4, 0.5) is 0 Å². The zero-order chi connectivity index (χ0) is 8.39. The molecule has 2 rings (SSSR count). The summed E-state index contributed by atoms with van der Waals surface area (Å²) in [7, 11) is 0. The maximum absolute atomic E-state index is 5.23. The van der Waals surface area contributed by atoms with E-state index in [-0.39, 0.29) is 0 Å². The van der Waals surface area contributed by atoms with Crippen LogP contribution in [0.2, 0.25) is 0 Å². The van der Waals surface area contributed by atoms with Gasteiger partial charge in [-0.3, -0.25) is 0 Å². The molecule has 12 heavy (non-hydrogen) atoms. The zero-order valence-corrected chi connectivity index (χ0v) is 7.29. The van der Waals surface area contributed by atoms with E-state index in [4.69, 9.17) is 4.42 Å². The van der Waals surface area contributed by atoms with Crippen LogP contribution in [0.15, 0.2) is 23.1 Å². The molecule has 0 spiro atoms. The quantitative estimate of drug-likeness (QED) is 0.636. The van der Waals surface area contributed by atoms with Gasteiger partial charge in [0.25, 0.3) is 0 Å². The van der Waals surface area contributed by atoms with Crippen molar-refractivity contribution in [2.24, 2.45) is 5.92 Å². The van der Waals surface area contributed by atoms with Crippen LogP contribution in [-0.2, 0) is 0 Å². The molecule has 0 aliphatic heterocycles. The zero-order valence-electron chi connectivity index (χ0n) is 7.29. The standard InChI is InChI=1S/C10H13NO/c1-8-2-4-9(5-3-8)10-6-11-7-12-10/h4,6-8H,2-3,5H2,1H3/t8-/m0/s1. The van der Waals surface area contributed by atoms with Crippen LogP contribution >= 0.6 is 0 Å². The van der Waals surface area contributed by atoms with Gasteiger partial charge < -0.3 is 4.42 Å². The molecule has 0 N–H and O–H groups in total. The molecule has 0 radical (unpaired) electrons. The summed E-state index contributed by atoms with van der Waals surface area (Å²) in [4.78, 5) is 3.91. The summed E-state index contributed by atoms with van der Waals surface area (Å²) in [6, 6.07) is 0. The van der Waals surface area contributed by atoms with Crippen molar-refractivity contribution in [2.45, 2.75) is 26.2 Å². The summed E-state index contributed by atoms with van der Waals surface area (Å²) in [6.45, 7) is 2.29. The summed E-state index contributed by atoms with van der Waals surface area (Å²) in [5.74, 6) is 1.78. The molecule has 1 aliphatic carbocycles. The smallest absolute Gasteiger partial charge is 0.181 e. The highest BCUT2D eigenvalue weighted by Gasteiger charge is 2.12. The Hall–Kier alpha value is -1.05. The lowest BCUT2D eigenvalue weighted by molar-refractivity contribution is 0.509. The highest BCUT2D eigenvalue weighted by molar-refractivity contribution is 5.61. The summed E-state index contributed by atoms with van der Waals surface area (Å²) in [5.41, 5.74) is 1.32. The highest BCUT2D eigenvalue weighted by atomic mass is 16.3. The third-order valence-electron chi connectivity index (χ3n) is 2.42. The summed E-state index contributed by atoms with van der Waals surface area (Å²) >= 11 is 0. The number of oxazole rings is 1. The number of aromatic nitrogens is 1. The van der Waals surface area contributed by atoms with E-state index in [1.54, 1.807) is 6.20 Å². The number of rotatable bonds is 1. The van der Waals surface area contributed by atoms with Gasteiger partial charge in [-0.2, -0.15) is 0 Å². The van der Waals surface area contributed by atoms with Gasteiger partial charge in [-0.1, -0.05) is 13.0 Å². The van der Waals surface area contributed by atoms with Gasteiger partial charge in [-0.25, -0.2) is 4.98 Å². The van der Waals surface area contributed by atoms with Crippen LogP contribution in [0.5, 0.6) is 0 Å². The average Bonchev–Trinajstić information content (AvgIpc) is 2.58. The maximum Gasteiger partial charge on any atom is 0.181 e. The largest absolute Gasteiger partial charge is 0.444 e. The molecule has 1 atom stereocenters. The second-order valence-corrected chi connectivity index (χ2v) is 3.47. The van der Waals surface area contributed by atoms with Crippen LogP contribution in [0, 0.1) is 5.92 Å². The van der Waals surface area contributed by atoms with Crippen LogP contribution in [-0.4, -0.2) is 4.98 Å². The molecule has 0 aromatic carbocycles. The van der Waals surface area contributed by atoms with E-state index in [2.05, 4.69) is 18.0 Å². The Balaban J connectivity index is 2.16. The Morgan fingerprint density at radius 2 is 2.50 bits per heavy atom. The molecular weight excluding hydrogens is 150 g/mol. The van der Waals surface area contributed by atoms with E-state index < -0.39 is 0 Å². The molecule has 64 valence electrons. The van der Waals surface area contributed by atoms with Gasteiger partial charge in [0.15, 0.2) is 6.39 Å². The van der Waals surface area contributed by atoms with Gasteiger partial charge in [-0.05, 0) is 30.8 Å². The molecule has 2 heteroatoms. The normalized spacial score (nSPS) is 23.8. The predicted molar refractivity (Wildman–Crippen MR) is 47.5 cm³/mol. The van der Waals surface area contributed by atoms with Crippen LogP contribution in [0.25, 0.3) is 5.57 Å². The molecule has 1 aromatic rings. The second kappa shape index (κ2) is 3.13. The van der Waals surface area contributed by atoms with Gasteiger partial charge in [0.2, 0.25) is 0 Å². The van der Waals surface area contributed by atoms with Crippen molar-refractivity contribution >= 4 is 5.57 Å². The first-order valence-corrected chi connectivity index (χ1v) is 4.44. The van der Waals surface area contributed by atoms with Crippen molar-refractivity contribution in [1.82, 2.24) is 4.98 Å². The Kier molecular flexibility index (Phi) is 1.98. The van der Waals surface area contributed by atoms with Crippen molar-refractivity contribution in [2.75, 3.05) is 0 Å². The third kappa shape index (κ3) is 1.42. The fraction of sp³-hybridized carbons (Fsp3) is 0.500. The summed E-state index contributed by atoms with van der Waals surface area (Å²) in [6.07, 6.45) is 9.14. The van der Waals surface area contributed by atoms with Crippen molar-refractivity contribution in [1.29, 1.82) is 0 Å². The minimum atomic E-state index is 0.830. The first kappa shape index (κ1) is 7.59. The highest BCUT2D eigenvalue weighted by Crippen LogP contribution is 2.29. The van der Waals surface area contributed by atoms with Crippen molar-refractivity contribution in [3.05, 3.63) is 24.4 Å². The lowest BCUT2D eigenvalue weighted by Gasteiger charge is -2.15. The first-order valence-electron chi connectivity index (χ1n) is 4.44. The lowest BCUT2D eigenvalue weighted by atomic mass is 9.90. The first-order chi connectivity index (χ1) is 5.86. The average molecular weight is 163 g/mol. The van der Waals surface area contributed by atoms with E-state index in [0.717, 1.165) is 18.1 Å². The number of nitrogens with zero attached hydrogens (tertiary/aromatic N) is 1. The Bertz CT molecular complexity index is 274. The Labute approximate surface area is 72.3 Å². The van der Waals surface area contributed by atoms with Gasteiger partial charge in [0, 0.05) is 0 Å². The molecule has 0 unspecified atom stereocenters. The number of allylic oxidation sites excluding steroid dienone is 2. The summed E-state index contributed by atoms with van der Waals surface area (Å²) in [5, 5.41) is 0. The van der Waals surface area contributed by atoms with Gasteiger partial charge >= 0.3 is 0 Å². The monoisotopic (exact) mass is 163 g/mol. The fourth-order valence-electron chi connectivity index (χ4n) is 1.56. The maximum atomic E-state index is 5.23. The van der Waals surface area contributed by atoms with E-state index in [9.17, 15) is 0 Å². The Morgan fingerprint density at radius 1 is 1.58 bits per heavy atom. The fourth-order valence-corrected chi connectivity index (χ4v) is 1.56. The van der Waals surface area contributed by atoms with Gasteiger partial charge in [0.05, 0.1) is 6.20 Å². The van der Waals surface area contributed by atoms with E-state index >= 15 is 0 Å². The molecule has 2 nitrogen and oxygen atoms in total. The lowest BCUT2D eigenvalue weighted by Crippen LogP contribution is -2.00. The molecule has 1 heterocycles. The molecule has 0 amide bonds. The second-order valence-electron chi connectivity index (χ2n) is 3.47. The van der Waals surface area contributed by atoms with E-state index in [1.165, 1.54) is 24.8 Å². The molecule has 0 fully saturated rings. The molecule has 0 saturated heterocycles. The molecule has 0 bridgehead atoms. The SMILES string of the molecule is C[C@H]1CC=C(c2cnco2)CC1. The van der Waals surface area contributed by atoms with Gasteiger partial charge in [0.1, 0.15) is 5.76 Å². The number of hydrogen-bond donors (Lipinski definition) is 0. The van der Waals surface area contributed by atoms with Crippen molar-refractivity contribution in [3.8, 4) is 0 Å². The van der Waals surface area contributed by atoms with Crippen molar-refractivity contribution < 1.29 is 4.42 Å². The topological polar surface area (TPSA) is 26.0 Å². The number of hydrogen-bond acceptors (Lipinski definition) is 2. The summed E-state index contributed by atoms with van der Waals surface area (Å²) < 4.78 is 5.23. The third-order valence-corrected chi connectivity index (χ3v) is 2.42. The van der Waals surface area contributed by atoms with Crippen LogP contribution in [0.1, 0.15) is 31.9 Å².